The van der Waals surface area contributed by atoms with Crippen LogP contribution in [-0.4, -0.2) is 11.0 Å². The van der Waals surface area contributed by atoms with E-state index in [1.54, 1.807) is 12.4 Å². The van der Waals surface area contributed by atoms with Crippen LogP contribution in [0.2, 0.25) is 0 Å². The van der Waals surface area contributed by atoms with Gasteiger partial charge in [0.05, 0.1) is 0 Å². The van der Waals surface area contributed by atoms with E-state index in [9.17, 15) is 4.79 Å². The Labute approximate surface area is 152 Å². The Morgan fingerprint density at radius 2 is 1.88 bits per heavy atom. The number of pyridine rings is 1. The van der Waals surface area contributed by atoms with Crippen LogP contribution in [0, 0.1) is 0 Å². The third-order valence-electron chi connectivity index (χ3n) is 4.37. The van der Waals surface area contributed by atoms with Crippen LogP contribution in [-0.2, 0) is 13.0 Å². The fourth-order valence-corrected chi connectivity index (χ4v) is 3.02. The van der Waals surface area contributed by atoms with E-state index in [1.165, 1.54) is 0 Å². The Bertz CT molecular complexity index is 898. The van der Waals surface area contributed by atoms with Crippen molar-refractivity contribution in [1.29, 1.82) is 0 Å². The molecule has 130 valence electrons. The first-order valence-electron chi connectivity index (χ1n) is 8.56. The van der Waals surface area contributed by atoms with E-state index in [0.29, 0.717) is 12.2 Å². The highest BCUT2D eigenvalue weighted by Crippen LogP contribution is 2.38. The third kappa shape index (κ3) is 3.67. The number of rotatable bonds is 4. The molecular formula is C21H19N3O2. The summed E-state index contributed by atoms with van der Waals surface area (Å²) >= 11 is 0. The summed E-state index contributed by atoms with van der Waals surface area (Å²) in [4.78, 5) is 16.1. The second kappa shape index (κ2) is 7.27. The van der Waals surface area contributed by atoms with Gasteiger partial charge in [-0.25, -0.2) is 4.79 Å². The Hall–Kier alpha value is -3.34. The minimum atomic E-state index is -0.251. The molecule has 1 unspecified atom stereocenters. The topological polar surface area (TPSA) is 63.2 Å². The molecule has 0 radical (unpaired) electrons. The number of amides is 2. The molecule has 4 rings (SSSR count). The highest BCUT2D eigenvalue weighted by atomic mass is 16.5. The zero-order chi connectivity index (χ0) is 17.8. The fraction of sp³-hybridized carbons (Fsp3) is 0.143. The van der Waals surface area contributed by atoms with Gasteiger partial charge >= 0.3 is 6.03 Å². The van der Waals surface area contributed by atoms with Gasteiger partial charge in [0.1, 0.15) is 11.9 Å². The van der Waals surface area contributed by atoms with Crippen LogP contribution in [0.3, 0.4) is 0 Å². The van der Waals surface area contributed by atoms with Gasteiger partial charge in [-0.1, -0.05) is 36.4 Å². The maximum atomic E-state index is 12.1. The van der Waals surface area contributed by atoms with Gasteiger partial charge < -0.3 is 15.4 Å². The summed E-state index contributed by atoms with van der Waals surface area (Å²) in [5.74, 6) is 0.825. The quantitative estimate of drug-likeness (QED) is 0.749. The highest BCUT2D eigenvalue weighted by molar-refractivity contribution is 5.89. The number of carbonyl (C=O) groups is 1. The number of carbonyl (C=O) groups excluding carboxylic acids is 1. The lowest BCUT2D eigenvalue weighted by Gasteiger charge is -2.11. The summed E-state index contributed by atoms with van der Waals surface area (Å²) in [5.41, 5.74) is 4.03. The summed E-state index contributed by atoms with van der Waals surface area (Å²) in [5, 5.41) is 5.68. The lowest BCUT2D eigenvalue weighted by atomic mass is 10.0. The van der Waals surface area contributed by atoms with Gasteiger partial charge in [-0.05, 0) is 34.9 Å². The van der Waals surface area contributed by atoms with Crippen molar-refractivity contribution in [2.45, 2.75) is 19.1 Å². The molecule has 1 aliphatic rings. The largest absolute Gasteiger partial charge is 0.485 e. The van der Waals surface area contributed by atoms with Crippen molar-refractivity contribution in [3.8, 4) is 5.75 Å². The Balaban J connectivity index is 1.37. The molecule has 0 saturated carbocycles. The third-order valence-corrected chi connectivity index (χ3v) is 4.37. The highest BCUT2D eigenvalue weighted by Gasteiger charge is 2.24. The molecule has 0 saturated heterocycles. The van der Waals surface area contributed by atoms with Crippen LogP contribution in [0.25, 0.3) is 0 Å². The molecule has 1 aliphatic heterocycles. The summed E-state index contributed by atoms with van der Waals surface area (Å²) in [6, 6.07) is 19.5. The number of anilines is 1. The fourth-order valence-electron chi connectivity index (χ4n) is 3.02. The SMILES string of the molecule is O=C(NCc1ccncc1)Nc1ccc2c(c1)OC(c1ccccc1)C2. The summed E-state index contributed by atoms with van der Waals surface area (Å²) in [6.07, 6.45) is 4.28. The number of ether oxygens (including phenoxy) is 1. The molecule has 2 heterocycles. The number of nitrogens with zero attached hydrogens (tertiary/aromatic N) is 1. The lowest BCUT2D eigenvalue weighted by molar-refractivity contribution is 0.239. The minimum absolute atomic E-state index is 0.0296. The smallest absolute Gasteiger partial charge is 0.319 e. The minimum Gasteiger partial charge on any atom is -0.485 e. The molecule has 5 nitrogen and oxygen atoms in total. The van der Waals surface area contributed by atoms with Crippen molar-refractivity contribution in [3.05, 3.63) is 89.7 Å². The van der Waals surface area contributed by atoms with Gasteiger partial charge in [0.25, 0.3) is 0 Å². The van der Waals surface area contributed by atoms with Gasteiger partial charge in [0.15, 0.2) is 0 Å². The van der Waals surface area contributed by atoms with E-state index >= 15 is 0 Å². The normalized spacial score (nSPS) is 15.0. The molecule has 2 N–H and O–H groups in total. The van der Waals surface area contributed by atoms with E-state index in [0.717, 1.165) is 28.9 Å². The van der Waals surface area contributed by atoms with Crippen molar-refractivity contribution < 1.29 is 9.53 Å². The molecule has 2 amide bonds. The van der Waals surface area contributed by atoms with Crippen LogP contribution >= 0.6 is 0 Å². The first-order chi connectivity index (χ1) is 12.8. The molecule has 0 spiro atoms. The molecule has 2 aromatic carbocycles. The number of hydrogen-bond acceptors (Lipinski definition) is 3. The van der Waals surface area contributed by atoms with Crippen molar-refractivity contribution >= 4 is 11.7 Å². The second-order valence-electron chi connectivity index (χ2n) is 6.21. The van der Waals surface area contributed by atoms with Gasteiger partial charge in [0.2, 0.25) is 0 Å². The molecule has 1 aromatic heterocycles. The predicted molar refractivity (Wildman–Crippen MR) is 100 cm³/mol. The second-order valence-corrected chi connectivity index (χ2v) is 6.21. The zero-order valence-corrected chi connectivity index (χ0v) is 14.2. The van der Waals surface area contributed by atoms with Crippen molar-refractivity contribution in [3.63, 3.8) is 0 Å². The van der Waals surface area contributed by atoms with Crippen molar-refractivity contribution in [1.82, 2.24) is 10.3 Å². The van der Waals surface area contributed by atoms with Gasteiger partial charge in [-0.15, -0.1) is 0 Å². The van der Waals surface area contributed by atoms with Crippen molar-refractivity contribution in [2.24, 2.45) is 0 Å². The standard InChI is InChI=1S/C21H19N3O2/c25-21(23-14-15-8-10-22-11-9-15)24-18-7-6-17-12-19(26-20(17)13-18)16-4-2-1-3-5-16/h1-11,13,19H,12,14H2,(H2,23,24,25). The molecule has 0 bridgehead atoms. The molecule has 1 atom stereocenters. The van der Waals surface area contributed by atoms with Crippen LogP contribution in [0.1, 0.15) is 22.8 Å². The van der Waals surface area contributed by atoms with Crippen LogP contribution < -0.4 is 15.4 Å². The molecule has 0 aliphatic carbocycles. The molecular weight excluding hydrogens is 326 g/mol. The van der Waals surface area contributed by atoms with Crippen molar-refractivity contribution in [2.75, 3.05) is 5.32 Å². The summed E-state index contributed by atoms with van der Waals surface area (Å²) < 4.78 is 6.07. The Kier molecular flexibility index (Phi) is 4.51. The maximum absolute atomic E-state index is 12.1. The average molecular weight is 345 g/mol. The maximum Gasteiger partial charge on any atom is 0.319 e. The predicted octanol–water partition coefficient (Wildman–Crippen LogP) is 4.08. The number of hydrogen-bond donors (Lipinski definition) is 2. The molecule has 3 aromatic rings. The number of fused-ring (bicyclic) bond motifs is 1. The van der Waals surface area contributed by atoms with E-state index in [-0.39, 0.29) is 12.1 Å². The van der Waals surface area contributed by atoms with Crippen LogP contribution in [0.4, 0.5) is 10.5 Å². The van der Waals surface area contributed by atoms with Crippen LogP contribution in [0.5, 0.6) is 5.75 Å². The Morgan fingerprint density at radius 1 is 1.08 bits per heavy atom. The number of urea groups is 1. The summed E-state index contributed by atoms with van der Waals surface area (Å²) in [7, 11) is 0. The van der Waals surface area contributed by atoms with Gasteiger partial charge in [0, 0.05) is 37.1 Å². The number of aromatic nitrogens is 1. The number of benzene rings is 2. The summed E-state index contributed by atoms with van der Waals surface area (Å²) in [6.45, 7) is 0.450. The Morgan fingerprint density at radius 3 is 2.69 bits per heavy atom. The van der Waals surface area contributed by atoms with E-state index < -0.39 is 0 Å². The van der Waals surface area contributed by atoms with E-state index in [2.05, 4.69) is 27.8 Å². The molecule has 0 fully saturated rings. The van der Waals surface area contributed by atoms with Gasteiger partial charge in [-0.3, -0.25) is 4.98 Å². The van der Waals surface area contributed by atoms with Crippen LogP contribution in [0.15, 0.2) is 73.1 Å². The molecule has 5 heteroatoms. The monoisotopic (exact) mass is 345 g/mol. The zero-order valence-electron chi connectivity index (χ0n) is 14.2. The van der Waals surface area contributed by atoms with Gasteiger partial charge in [-0.2, -0.15) is 0 Å². The first-order valence-corrected chi connectivity index (χ1v) is 8.56. The molecule has 26 heavy (non-hydrogen) atoms. The van der Waals surface area contributed by atoms with E-state index in [4.69, 9.17) is 4.74 Å². The number of nitrogens with one attached hydrogen (secondary N) is 2. The van der Waals surface area contributed by atoms with E-state index in [1.807, 2.05) is 48.5 Å². The average Bonchev–Trinajstić information content (AvgIpc) is 3.11. The first kappa shape index (κ1) is 16.1. The lowest BCUT2D eigenvalue weighted by Crippen LogP contribution is -2.28.